The summed E-state index contributed by atoms with van der Waals surface area (Å²) >= 11 is 15.4. The summed E-state index contributed by atoms with van der Waals surface area (Å²) in [5.41, 5.74) is 9.14. The zero-order chi connectivity index (χ0) is 18.0. The summed E-state index contributed by atoms with van der Waals surface area (Å²) in [6.45, 7) is 0.414. The first kappa shape index (κ1) is 17.8. The van der Waals surface area contributed by atoms with Crippen LogP contribution in [0.25, 0.3) is 0 Å². The second-order valence-electron chi connectivity index (χ2n) is 5.53. The molecule has 25 heavy (non-hydrogen) atoms. The van der Waals surface area contributed by atoms with Crippen LogP contribution in [0.4, 0.5) is 5.82 Å². The van der Waals surface area contributed by atoms with Crippen molar-refractivity contribution in [2.45, 2.75) is 13.0 Å². The topological polar surface area (TPSA) is 67.6 Å². The molecule has 2 aromatic carbocycles. The molecular formula is C18H13BrCl2N4. The Morgan fingerprint density at radius 3 is 2.40 bits per heavy atom. The number of halogens is 3. The van der Waals surface area contributed by atoms with Crippen LogP contribution in [0.2, 0.25) is 10.0 Å². The van der Waals surface area contributed by atoms with E-state index in [0.717, 1.165) is 15.6 Å². The van der Waals surface area contributed by atoms with E-state index in [2.05, 4.69) is 27.1 Å². The number of nitrogens with two attached hydrogens (primary N) is 1. The number of hydrogen-bond donors (Lipinski definition) is 1. The summed E-state index contributed by atoms with van der Waals surface area (Å²) in [7, 11) is 0. The smallest absolute Gasteiger partial charge is 0.140 e. The van der Waals surface area contributed by atoms with E-state index in [4.69, 9.17) is 28.9 Å². The van der Waals surface area contributed by atoms with E-state index in [1.807, 2.05) is 30.3 Å². The van der Waals surface area contributed by atoms with Gasteiger partial charge in [-0.25, -0.2) is 4.68 Å². The monoisotopic (exact) mass is 434 g/mol. The Kier molecular flexibility index (Phi) is 5.33. The second kappa shape index (κ2) is 7.49. The highest BCUT2D eigenvalue weighted by atomic mass is 79.9. The average molecular weight is 436 g/mol. The number of nitriles is 1. The van der Waals surface area contributed by atoms with Crippen LogP contribution in [0.5, 0.6) is 0 Å². The fraction of sp³-hybridized carbons (Fsp3) is 0.111. The normalized spacial score (nSPS) is 10.6. The summed E-state index contributed by atoms with van der Waals surface area (Å²) in [5.74, 6) is 0.348. The van der Waals surface area contributed by atoms with Crippen molar-refractivity contribution < 1.29 is 0 Å². The first-order valence-corrected chi connectivity index (χ1v) is 8.96. The molecular weight excluding hydrogens is 423 g/mol. The molecule has 1 aromatic heterocycles. The predicted octanol–water partition coefficient (Wildman–Crippen LogP) is 5.05. The molecule has 0 atom stereocenters. The number of nitrogens with zero attached hydrogens (tertiary/aromatic N) is 3. The Morgan fingerprint density at radius 2 is 1.76 bits per heavy atom. The zero-order valence-corrected chi connectivity index (χ0v) is 16.1. The fourth-order valence-electron chi connectivity index (χ4n) is 2.50. The van der Waals surface area contributed by atoms with Crippen LogP contribution in [0.1, 0.15) is 22.4 Å². The van der Waals surface area contributed by atoms with Crippen molar-refractivity contribution in [2.75, 3.05) is 5.73 Å². The molecule has 3 rings (SSSR count). The molecule has 0 saturated heterocycles. The van der Waals surface area contributed by atoms with E-state index < -0.39 is 0 Å². The molecule has 0 saturated carbocycles. The van der Waals surface area contributed by atoms with Crippen molar-refractivity contribution in [3.63, 3.8) is 0 Å². The van der Waals surface area contributed by atoms with Gasteiger partial charge in [0.15, 0.2) is 0 Å². The third-order valence-corrected chi connectivity index (χ3v) is 5.04. The lowest BCUT2D eigenvalue weighted by atomic mass is 10.1. The van der Waals surface area contributed by atoms with Gasteiger partial charge in [-0.15, -0.1) is 0 Å². The third-order valence-electron chi connectivity index (χ3n) is 3.78. The largest absolute Gasteiger partial charge is 0.383 e. The summed E-state index contributed by atoms with van der Waals surface area (Å²) in [6.07, 6.45) is 0.536. The van der Waals surface area contributed by atoms with Crippen LogP contribution in [-0.2, 0) is 13.0 Å². The number of rotatable bonds is 4. The Morgan fingerprint density at radius 1 is 1.08 bits per heavy atom. The molecule has 0 aliphatic carbocycles. The van der Waals surface area contributed by atoms with Crippen LogP contribution in [0.15, 0.2) is 46.9 Å². The van der Waals surface area contributed by atoms with E-state index in [1.54, 1.807) is 16.8 Å². The molecule has 0 spiro atoms. The SMILES string of the molecule is N#Cc1c(Cc2ccc(Br)cc2)nn(Cc2ccc(Cl)c(Cl)c2)c1N. The van der Waals surface area contributed by atoms with Gasteiger partial charge < -0.3 is 5.73 Å². The van der Waals surface area contributed by atoms with E-state index in [1.165, 1.54) is 0 Å². The maximum absolute atomic E-state index is 9.45. The van der Waals surface area contributed by atoms with Crippen molar-refractivity contribution in [1.82, 2.24) is 9.78 Å². The minimum absolute atomic E-state index is 0.348. The predicted molar refractivity (Wildman–Crippen MR) is 104 cm³/mol. The molecule has 0 bridgehead atoms. The standard InChI is InChI=1S/C18H13BrCl2N4/c19-13-4-1-11(2-5-13)8-17-14(9-22)18(23)25(24-17)10-12-3-6-15(20)16(21)7-12/h1-7H,8,10,23H2. The Balaban J connectivity index is 1.90. The van der Waals surface area contributed by atoms with E-state index >= 15 is 0 Å². The highest BCUT2D eigenvalue weighted by Gasteiger charge is 2.16. The number of nitrogen functional groups attached to an aromatic ring is 1. The zero-order valence-electron chi connectivity index (χ0n) is 13.0. The van der Waals surface area contributed by atoms with E-state index in [-0.39, 0.29) is 0 Å². The van der Waals surface area contributed by atoms with Gasteiger partial charge >= 0.3 is 0 Å². The Bertz CT molecular complexity index is 958. The van der Waals surface area contributed by atoms with Gasteiger partial charge in [0.1, 0.15) is 17.5 Å². The van der Waals surface area contributed by atoms with Gasteiger partial charge in [0, 0.05) is 10.9 Å². The van der Waals surface area contributed by atoms with Crippen LogP contribution >= 0.6 is 39.1 Å². The molecule has 2 N–H and O–H groups in total. The Hall–Kier alpha value is -2.00. The minimum atomic E-state index is 0.348. The third kappa shape index (κ3) is 3.98. The fourth-order valence-corrected chi connectivity index (χ4v) is 3.08. The van der Waals surface area contributed by atoms with Gasteiger partial charge in [-0.3, -0.25) is 0 Å². The first-order chi connectivity index (χ1) is 12.0. The Labute approximate surface area is 163 Å². The van der Waals surface area contributed by atoms with Gasteiger partial charge in [0.25, 0.3) is 0 Å². The lowest BCUT2D eigenvalue weighted by Crippen LogP contribution is -2.06. The van der Waals surface area contributed by atoms with Gasteiger partial charge in [0.2, 0.25) is 0 Å². The van der Waals surface area contributed by atoms with Crippen molar-refractivity contribution in [1.29, 1.82) is 5.26 Å². The quantitative estimate of drug-likeness (QED) is 0.623. The van der Waals surface area contributed by atoms with Crippen molar-refractivity contribution in [3.8, 4) is 6.07 Å². The first-order valence-electron chi connectivity index (χ1n) is 7.41. The van der Waals surface area contributed by atoms with Gasteiger partial charge in [-0.2, -0.15) is 10.4 Å². The lowest BCUT2D eigenvalue weighted by molar-refractivity contribution is 0.685. The number of benzene rings is 2. The number of aromatic nitrogens is 2. The lowest BCUT2D eigenvalue weighted by Gasteiger charge is -2.05. The van der Waals surface area contributed by atoms with Crippen molar-refractivity contribution in [3.05, 3.63) is 79.4 Å². The molecule has 7 heteroatoms. The van der Waals surface area contributed by atoms with Crippen LogP contribution in [-0.4, -0.2) is 9.78 Å². The van der Waals surface area contributed by atoms with E-state index in [0.29, 0.717) is 40.1 Å². The molecule has 0 aliphatic rings. The van der Waals surface area contributed by atoms with E-state index in [9.17, 15) is 5.26 Å². The molecule has 1 heterocycles. The summed E-state index contributed by atoms with van der Waals surface area (Å²) in [6, 6.07) is 15.4. The molecule has 126 valence electrons. The molecule has 3 aromatic rings. The molecule has 0 aliphatic heterocycles. The summed E-state index contributed by atoms with van der Waals surface area (Å²) in [5, 5.41) is 14.9. The minimum Gasteiger partial charge on any atom is -0.383 e. The molecule has 4 nitrogen and oxygen atoms in total. The second-order valence-corrected chi connectivity index (χ2v) is 7.26. The maximum atomic E-state index is 9.45. The van der Waals surface area contributed by atoms with Gasteiger partial charge in [-0.05, 0) is 35.4 Å². The molecule has 0 fully saturated rings. The number of hydrogen-bond acceptors (Lipinski definition) is 3. The average Bonchev–Trinajstić information content (AvgIpc) is 2.88. The van der Waals surface area contributed by atoms with Crippen LogP contribution in [0, 0.1) is 11.3 Å². The molecule has 0 unspecified atom stereocenters. The molecule has 0 amide bonds. The van der Waals surface area contributed by atoms with Gasteiger partial charge in [-0.1, -0.05) is 57.3 Å². The highest BCUT2D eigenvalue weighted by Crippen LogP contribution is 2.25. The summed E-state index contributed by atoms with van der Waals surface area (Å²) < 4.78 is 2.62. The van der Waals surface area contributed by atoms with Crippen LogP contribution in [0.3, 0.4) is 0 Å². The highest BCUT2D eigenvalue weighted by molar-refractivity contribution is 9.10. The molecule has 0 radical (unpaired) electrons. The maximum Gasteiger partial charge on any atom is 0.140 e. The van der Waals surface area contributed by atoms with Crippen LogP contribution < -0.4 is 5.73 Å². The van der Waals surface area contributed by atoms with Crippen molar-refractivity contribution >= 4 is 44.9 Å². The van der Waals surface area contributed by atoms with Crippen molar-refractivity contribution in [2.24, 2.45) is 0 Å². The van der Waals surface area contributed by atoms with Gasteiger partial charge in [0.05, 0.1) is 22.3 Å². The number of anilines is 1. The summed E-state index contributed by atoms with van der Waals surface area (Å²) in [4.78, 5) is 0.